The van der Waals surface area contributed by atoms with E-state index in [0.717, 1.165) is 29.4 Å². The molecule has 2 aromatic carbocycles. The van der Waals surface area contributed by atoms with Crippen molar-refractivity contribution in [3.05, 3.63) is 66.4 Å². The molecular formula is C23H26N2O2. The van der Waals surface area contributed by atoms with E-state index in [-0.39, 0.29) is 11.3 Å². The minimum absolute atomic E-state index is 0.104. The van der Waals surface area contributed by atoms with Crippen molar-refractivity contribution in [1.29, 1.82) is 0 Å². The van der Waals surface area contributed by atoms with Crippen molar-refractivity contribution in [3.8, 4) is 11.6 Å². The number of hydrogen-bond acceptors (Lipinski definition) is 3. The summed E-state index contributed by atoms with van der Waals surface area (Å²) in [6, 6.07) is 17.4. The smallest absolute Gasteiger partial charge is 0.252 e. The fourth-order valence-corrected chi connectivity index (χ4v) is 2.90. The molecule has 1 N–H and O–H groups in total. The van der Waals surface area contributed by atoms with E-state index in [0.29, 0.717) is 18.0 Å². The molecule has 0 saturated carbocycles. The number of aromatic nitrogens is 1. The molecule has 3 aromatic rings. The average Bonchev–Trinajstić information content (AvgIpc) is 2.65. The van der Waals surface area contributed by atoms with Crippen molar-refractivity contribution < 1.29 is 9.53 Å². The number of rotatable bonds is 6. The number of benzene rings is 2. The SMILES string of the molecule is CC(C)(C)CCCNC(=O)c1ccc(Oc2cccc3ccccc23)nc1. The van der Waals surface area contributed by atoms with Crippen molar-refractivity contribution in [1.82, 2.24) is 10.3 Å². The van der Waals surface area contributed by atoms with Crippen LogP contribution in [-0.4, -0.2) is 17.4 Å². The van der Waals surface area contributed by atoms with Gasteiger partial charge in [-0.05, 0) is 35.8 Å². The Labute approximate surface area is 160 Å². The number of carbonyl (C=O) groups excluding carboxylic acids is 1. The van der Waals surface area contributed by atoms with Crippen LogP contribution < -0.4 is 10.1 Å². The van der Waals surface area contributed by atoms with Gasteiger partial charge >= 0.3 is 0 Å². The topological polar surface area (TPSA) is 51.2 Å². The Morgan fingerprint density at radius 3 is 2.56 bits per heavy atom. The summed E-state index contributed by atoms with van der Waals surface area (Å²) in [7, 11) is 0. The number of amides is 1. The van der Waals surface area contributed by atoms with Gasteiger partial charge in [0.1, 0.15) is 5.75 Å². The van der Waals surface area contributed by atoms with E-state index in [9.17, 15) is 4.79 Å². The number of ether oxygens (including phenoxy) is 1. The standard InChI is InChI=1S/C23H26N2O2/c1-23(2,3)14-7-15-24-22(26)18-12-13-21(25-16-18)27-20-11-6-9-17-8-4-5-10-19(17)20/h4-6,8-13,16H,7,14-15H2,1-3H3,(H,24,26). The van der Waals surface area contributed by atoms with Crippen LogP contribution in [0, 0.1) is 5.41 Å². The summed E-state index contributed by atoms with van der Waals surface area (Å²) < 4.78 is 5.92. The van der Waals surface area contributed by atoms with E-state index in [1.165, 1.54) is 0 Å². The van der Waals surface area contributed by atoms with Crippen molar-refractivity contribution in [2.24, 2.45) is 5.41 Å². The Morgan fingerprint density at radius 2 is 1.81 bits per heavy atom. The maximum absolute atomic E-state index is 12.2. The summed E-state index contributed by atoms with van der Waals surface area (Å²) >= 11 is 0. The second kappa shape index (κ2) is 8.21. The van der Waals surface area contributed by atoms with Crippen LogP contribution in [0.25, 0.3) is 10.8 Å². The summed E-state index contributed by atoms with van der Waals surface area (Å²) in [5.41, 5.74) is 0.823. The number of hydrogen-bond donors (Lipinski definition) is 1. The fourth-order valence-electron chi connectivity index (χ4n) is 2.90. The lowest BCUT2D eigenvalue weighted by Gasteiger charge is -2.17. The molecule has 0 aliphatic heterocycles. The summed E-state index contributed by atoms with van der Waals surface area (Å²) in [5, 5.41) is 5.09. The maximum atomic E-state index is 12.2. The zero-order valence-electron chi connectivity index (χ0n) is 16.2. The van der Waals surface area contributed by atoms with Gasteiger partial charge in [-0.15, -0.1) is 0 Å². The van der Waals surface area contributed by atoms with Crippen LogP contribution in [0.1, 0.15) is 44.0 Å². The third kappa shape index (κ3) is 5.30. The molecule has 4 heteroatoms. The van der Waals surface area contributed by atoms with E-state index < -0.39 is 0 Å². The molecule has 0 aliphatic carbocycles. The average molecular weight is 362 g/mol. The molecule has 27 heavy (non-hydrogen) atoms. The first-order chi connectivity index (χ1) is 12.9. The molecule has 1 heterocycles. The predicted octanol–water partition coefficient (Wildman–Crippen LogP) is 5.58. The summed E-state index contributed by atoms with van der Waals surface area (Å²) in [5.74, 6) is 1.11. The first-order valence-electron chi connectivity index (χ1n) is 9.32. The highest BCUT2D eigenvalue weighted by atomic mass is 16.5. The molecule has 0 radical (unpaired) electrons. The Kier molecular flexibility index (Phi) is 5.75. The van der Waals surface area contributed by atoms with Crippen molar-refractivity contribution >= 4 is 16.7 Å². The molecule has 1 amide bonds. The van der Waals surface area contributed by atoms with Crippen LogP contribution >= 0.6 is 0 Å². The van der Waals surface area contributed by atoms with Gasteiger partial charge < -0.3 is 10.1 Å². The van der Waals surface area contributed by atoms with E-state index in [2.05, 4.69) is 31.1 Å². The zero-order valence-corrected chi connectivity index (χ0v) is 16.2. The van der Waals surface area contributed by atoms with Crippen LogP contribution in [-0.2, 0) is 0 Å². The molecule has 0 saturated heterocycles. The minimum atomic E-state index is -0.104. The molecule has 0 atom stereocenters. The molecule has 0 unspecified atom stereocenters. The normalized spacial score (nSPS) is 11.4. The first-order valence-corrected chi connectivity index (χ1v) is 9.32. The highest BCUT2D eigenvalue weighted by Gasteiger charge is 2.11. The Hall–Kier alpha value is -2.88. The van der Waals surface area contributed by atoms with E-state index in [1.54, 1.807) is 18.3 Å². The lowest BCUT2D eigenvalue weighted by Crippen LogP contribution is -2.25. The zero-order chi connectivity index (χ0) is 19.3. The molecule has 0 bridgehead atoms. The summed E-state index contributed by atoms with van der Waals surface area (Å²) in [6.45, 7) is 7.28. The van der Waals surface area contributed by atoms with Gasteiger partial charge in [-0.1, -0.05) is 57.2 Å². The molecule has 0 spiro atoms. The third-order valence-electron chi connectivity index (χ3n) is 4.35. The predicted molar refractivity (Wildman–Crippen MR) is 109 cm³/mol. The van der Waals surface area contributed by atoms with E-state index in [4.69, 9.17) is 4.74 Å². The summed E-state index contributed by atoms with van der Waals surface area (Å²) in [6.07, 6.45) is 3.59. The maximum Gasteiger partial charge on any atom is 0.252 e. The van der Waals surface area contributed by atoms with Gasteiger partial charge in [0.2, 0.25) is 5.88 Å². The highest BCUT2D eigenvalue weighted by Crippen LogP contribution is 2.28. The van der Waals surface area contributed by atoms with E-state index in [1.807, 2.05) is 42.5 Å². The molecule has 1 aromatic heterocycles. The number of pyridine rings is 1. The molecule has 3 rings (SSSR count). The van der Waals surface area contributed by atoms with Crippen molar-refractivity contribution in [3.63, 3.8) is 0 Å². The first kappa shape index (κ1) is 18.9. The van der Waals surface area contributed by atoms with E-state index >= 15 is 0 Å². The molecule has 0 aliphatic rings. The van der Waals surface area contributed by atoms with Crippen LogP contribution in [0.3, 0.4) is 0 Å². The van der Waals surface area contributed by atoms with Crippen LogP contribution in [0.4, 0.5) is 0 Å². The quantitative estimate of drug-likeness (QED) is 0.582. The minimum Gasteiger partial charge on any atom is -0.438 e. The van der Waals surface area contributed by atoms with Crippen LogP contribution in [0.2, 0.25) is 0 Å². The fraction of sp³-hybridized carbons (Fsp3) is 0.304. The lowest BCUT2D eigenvalue weighted by molar-refractivity contribution is 0.0951. The van der Waals surface area contributed by atoms with Gasteiger partial charge in [0, 0.05) is 24.2 Å². The monoisotopic (exact) mass is 362 g/mol. The number of nitrogens with zero attached hydrogens (tertiary/aromatic N) is 1. The second-order valence-electron chi connectivity index (χ2n) is 7.88. The van der Waals surface area contributed by atoms with Crippen LogP contribution in [0.5, 0.6) is 11.6 Å². The van der Waals surface area contributed by atoms with Gasteiger partial charge in [-0.25, -0.2) is 4.98 Å². The largest absolute Gasteiger partial charge is 0.438 e. The van der Waals surface area contributed by atoms with Gasteiger partial charge in [0.05, 0.1) is 5.56 Å². The Balaban J connectivity index is 1.61. The Bertz CT molecular complexity index is 906. The number of fused-ring (bicyclic) bond motifs is 1. The molecule has 140 valence electrons. The highest BCUT2D eigenvalue weighted by molar-refractivity contribution is 5.94. The lowest BCUT2D eigenvalue weighted by atomic mass is 9.91. The van der Waals surface area contributed by atoms with Gasteiger partial charge in [-0.2, -0.15) is 0 Å². The van der Waals surface area contributed by atoms with Crippen molar-refractivity contribution in [2.45, 2.75) is 33.6 Å². The molecule has 0 fully saturated rings. The van der Waals surface area contributed by atoms with Crippen molar-refractivity contribution in [2.75, 3.05) is 6.54 Å². The molecule has 4 nitrogen and oxygen atoms in total. The van der Waals surface area contributed by atoms with Gasteiger partial charge in [-0.3, -0.25) is 4.79 Å². The Morgan fingerprint density at radius 1 is 1.04 bits per heavy atom. The second-order valence-corrected chi connectivity index (χ2v) is 7.88. The van der Waals surface area contributed by atoms with Crippen LogP contribution in [0.15, 0.2) is 60.8 Å². The molecular weight excluding hydrogens is 336 g/mol. The number of nitrogens with one attached hydrogen (secondary N) is 1. The summed E-state index contributed by atoms with van der Waals surface area (Å²) in [4.78, 5) is 16.5. The van der Waals surface area contributed by atoms with Gasteiger partial charge in [0.15, 0.2) is 0 Å². The van der Waals surface area contributed by atoms with Gasteiger partial charge in [0.25, 0.3) is 5.91 Å². The number of carbonyl (C=O) groups is 1. The third-order valence-corrected chi connectivity index (χ3v) is 4.35.